The molecule has 0 bridgehead atoms. The first-order valence-electron chi connectivity index (χ1n) is 19.0. The molecule has 328 valence electrons. The molecule has 2 aliphatic heterocycles. The number of anilines is 2. The molecule has 2 aliphatic rings. The first-order valence-corrected chi connectivity index (χ1v) is 19.4. The Balaban J connectivity index is 1.23. The number of hydrogen-bond acceptors (Lipinski definition) is 8. The van der Waals surface area contributed by atoms with Crippen molar-refractivity contribution in [2.45, 2.75) is 84.2 Å². The zero-order valence-electron chi connectivity index (χ0n) is 33.7. The number of halogens is 8. The van der Waals surface area contributed by atoms with E-state index >= 15 is 8.78 Å². The van der Waals surface area contributed by atoms with Crippen LogP contribution in [0, 0.1) is 28.4 Å². The van der Waals surface area contributed by atoms with Crippen molar-refractivity contribution in [2.24, 2.45) is 5.41 Å². The number of carbonyl (C=O) groups is 3. The summed E-state index contributed by atoms with van der Waals surface area (Å²) in [6.45, 7) is 9.17. The Morgan fingerprint density at radius 2 is 1.64 bits per heavy atom. The maximum absolute atomic E-state index is 15.8. The second-order valence-electron chi connectivity index (χ2n) is 16.0. The van der Waals surface area contributed by atoms with E-state index in [1.807, 2.05) is 20.8 Å². The topological polar surface area (TPSA) is 128 Å². The van der Waals surface area contributed by atoms with Crippen LogP contribution in [-0.4, -0.2) is 77.2 Å². The van der Waals surface area contributed by atoms with Gasteiger partial charge in [-0.05, 0) is 87.5 Å². The molecule has 3 heterocycles. The number of rotatable bonds is 13. The number of likely N-dealkylation sites (tertiary alicyclic amines) is 1. The van der Waals surface area contributed by atoms with Crippen LogP contribution in [-0.2, 0) is 31.5 Å². The van der Waals surface area contributed by atoms with Gasteiger partial charge >= 0.3 is 12.4 Å². The SMILES string of the molecule is CC(C)(C)C(NC(=O)COCCCCOc1ccc(-c2ncc(N3C(=S)N(c4ccc(C#N)c(C(F)(F)F)c4F)C(=O)C3(C)C)cc2F)c(C(F)(F)F)c1)C(=O)N1CCCC1. The molecule has 5 rings (SSSR count). The standard InChI is InChI=1S/C41H42F8N6O5S/c1-38(2,3)34(35(57)53-14-6-7-15-53)52-30(56)22-59-16-8-9-17-60-25-11-12-26(27(19-25)40(44,45)46)33-28(42)18-24(21-51-33)55-37(61)54(36(58)39(55,4)5)29-13-10-23(20-50)31(32(29)43)41(47,48)49/h10-13,18-19,21,34H,6-9,14-17,22H2,1-5H3,(H,52,56). The summed E-state index contributed by atoms with van der Waals surface area (Å²) in [5, 5.41) is 11.3. The number of carbonyl (C=O) groups excluding carboxylic acids is 3. The average molecular weight is 883 g/mol. The van der Waals surface area contributed by atoms with E-state index in [4.69, 9.17) is 27.0 Å². The monoisotopic (exact) mass is 882 g/mol. The highest BCUT2D eigenvalue weighted by molar-refractivity contribution is 7.81. The normalized spacial score (nSPS) is 16.2. The smallest absolute Gasteiger partial charge is 0.420 e. The quantitative estimate of drug-likeness (QED) is 0.103. The number of benzene rings is 2. The number of nitrogens with zero attached hydrogens (tertiary/aromatic N) is 5. The number of aromatic nitrogens is 1. The molecule has 1 aromatic heterocycles. The second kappa shape index (κ2) is 17.9. The third kappa shape index (κ3) is 10.0. The van der Waals surface area contributed by atoms with Crippen LogP contribution in [0.2, 0.25) is 0 Å². The lowest BCUT2D eigenvalue weighted by Crippen LogP contribution is -2.54. The molecule has 11 nitrogen and oxygen atoms in total. The predicted molar refractivity (Wildman–Crippen MR) is 210 cm³/mol. The van der Waals surface area contributed by atoms with E-state index in [2.05, 4.69) is 10.3 Å². The van der Waals surface area contributed by atoms with Gasteiger partial charge in [0, 0.05) is 31.3 Å². The summed E-state index contributed by atoms with van der Waals surface area (Å²) in [7, 11) is 0. The van der Waals surface area contributed by atoms with Gasteiger partial charge in [-0.1, -0.05) is 20.8 Å². The molecule has 0 radical (unpaired) electrons. The van der Waals surface area contributed by atoms with Crippen molar-refractivity contribution in [3.63, 3.8) is 0 Å². The number of nitrogens with one attached hydrogen (secondary N) is 1. The Morgan fingerprint density at radius 1 is 0.984 bits per heavy atom. The molecule has 3 aromatic rings. The Morgan fingerprint density at radius 3 is 2.23 bits per heavy atom. The zero-order chi connectivity index (χ0) is 45.2. The summed E-state index contributed by atoms with van der Waals surface area (Å²) in [6, 6.07) is 5.52. The molecular weight excluding hydrogens is 841 g/mol. The molecule has 0 aliphatic carbocycles. The molecule has 0 spiro atoms. The maximum Gasteiger partial charge on any atom is 0.420 e. The van der Waals surface area contributed by atoms with Crippen LogP contribution in [0.25, 0.3) is 11.3 Å². The summed E-state index contributed by atoms with van der Waals surface area (Å²) >= 11 is 5.36. The fourth-order valence-corrected chi connectivity index (χ4v) is 7.50. The van der Waals surface area contributed by atoms with Gasteiger partial charge in [-0.25, -0.2) is 8.78 Å². The van der Waals surface area contributed by atoms with Crippen molar-refractivity contribution in [3.8, 4) is 23.1 Å². The van der Waals surface area contributed by atoms with Gasteiger partial charge in [-0.3, -0.25) is 24.3 Å². The largest absolute Gasteiger partial charge is 0.494 e. The Kier molecular flexibility index (Phi) is 13.7. The van der Waals surface area contributed by atoms with Gasteiger partial charge in [-0.15, -0.1) is 0 Å². The molecule has 2 fully saturated rings. The molecular formula is C41H42F8N6O5S. The molecule has 1 unspecified atom stereocenters. The third-order valence-corrected chi connectivity index (χ3v) is 10.5. The van der Waals surface area contributed by atoms with Crippen molar-refractivity contribution in [3.05, 3.63) is 70.9 Å². The zero-order valence-corrected chi connectivity index (χ0v) is 34.5. The molecule has 61 heavy (non-hydrogen) atoms. The van der Waals surface area contributed by atoms with Crippen molar-refractivity contribution < 1.29 is 59.0 Å². The maximum atomic E-state index is 15.8. The number of hydrogen-bond donors (Lipinski definition) is 1. The van der Waals surface area contributed by atoms with Gasteiger partial charge in [-0.2, -0.15) is 31.6 Å². The van der Waals surface area contributed by atoms with Crippen LogP contribution in [0.3, 0.4) is 0 Å². The van der Waals surface area contributed by atoms with Crippen molar-refractivity contribution >= 4 is 46.4 Å². The summed E-state index contributed by atoms with van der Waals surface area (Å²) in [6.07, 6.45) is -6.89. The summed E-state index contributed by atoms with van der Waals surface area (Å²) < 4.78 is 126. The van der Waals surface area contributed by atoms with Crippen LogP contribution >= 0.6 is 12.2 Å². The number of nitriles is 1. The third-order valence-electron chi connectivity index (χ3n) is 10.1. The minimum atomic E-state index is -5.32. The van der Waals surface area contributed by atoms with Gasteiger partial charge in [0.2, 0.25) is 11.8 Å². The first-order chi connectivity index (χ1) is 28.4. The van der Waals surface area contributed by atoms with E-state index in [9.17, 15) is 40.7 Å². The van der Waals surface area contributed by atoms with Gasteiger partial charge in [0.1, 0.15) is 35.2 Å². The highest BCUT2D eigenvalue weighted by atomic mass is 32.1. The van der Waals surface area contributed by atoms with Gasteiger partial charge in [0.05, 0.1) is 41.4 Å². The lowest BCUT2D eigenvalue weighted by Gasteiger charge is -2.33. The van der Waals surface area contributed by atoms with E-state index in [0.29, 0.717) is 43.0 Å². The first kappa shape index (κ1) is 46.6. The fourth-order valence-electron chi connectivity index (χ4n) is 6.98. The van der Waals surface area contributed by atoms with Crippen molar-refractivity contribution in [1.29, 1.82) is 5.26 Å². The fraction of sp³-hybridized carbons (Fsp3) is 0.463. The van der Waals surface area contributed by atoms with Gasteiger partial charge < -0.3 is 24.6 Å². The highest BCUT2D eigenvalue weighted by Gasteiger charge is 2.52. The van der Waals surface area contributed by atoms with Crippen LogP contribution < -0.4 is 19.9 Å². The number of pyridine rings is 1. The van der Waals surface area contributed by atoms with Crippen LogP contribution in [0.15, 0.2) is 42.6 Å². The molecule has 1 atom stereocenters. The molecule has 2 aromatic carbocycles. The number of ether oxygens (including phenoxy) is 2. The van der Waals surface area contributed by atoms with E-state index in [0.717, 1.165) is 42.1 Å². The minimum absolute atomic E-state index is 0.0326. The molecule has 1 N–H and O–H groups in total. The number of unbranched alkanes of at least 4 members (excludes halogenated alkanes) is 1. The number of thiocarbonyl (C=S) groups is 1. The predicted octanol–water partition coefficient (Wildman–Crippen LogP) is 8.18. The molecule has 3 amide bonds. The lowest BCUT2D eigenvalue weighted by molar-refractivity contribution is -0.140. The summed E-state index contributed by atoms with van der Waals surface area (Å²) in [4.78, 5) is 46.2. The van der Waals surface area contributed by atoms with Crippen molar-refractivity contribution in [2.75, 3.05) is 42.7 Å². The average Bonchev–Trinajstić information content (AvgIpc) is 3.76. The number of amides is 3. The highest BCUT2D eigenvalue weighted by Crippen LogP contribution is 2.44. The summed E-state index contributed by atoms with van der Waals surface area (Å²) in [5.41, 5.74) is -9.17. The van der Waals surface area contributed by atoms with Crippen LogP contribution in [0.5, 0.6) is 5.75 Å². The Hall–Kier alpha value is -5.42. The minimum Gasteiger partial charge on any atom is -0.494 e. The summed E-state index contributed by atoms with van der Waals surface area (Å²) in [5.74, 6) is -5.05. The number of alkyl halides is 6. The van der Waals surface area contributed by atoms with Crippen LogP contribution in [0.1, 0.15) is 77.0 Å². The van der Waals surface area contributed by atoms with E-state index < -0.39 is 91.5 Å². The Labute approximate surface area is 351 Å². The van der Waals surface area contributed by atoms with Gasteiger partial charge in [0.15, 0.2) is 16.7 Å². The second-order valence-corrected chi connectivity index (χ2v) is 16.3. The lowest BCUT2D eigenvalue weighted by atomic mass is 9.85. The van der Waals surface area contributed by atoms with E-state index in [1.165, 1.54) is 26.0 Å². The Bertz CT molecular complexity index is 2230. The van der Waals surface area contributed by atoms with Crippen molar-refractivity contribution in [1.82, 2.24) is 15.2 Å². The van der Waals surface area contributed by atoms with Gasteiger partial charge in [0.25, 0.3) is 5.91 Å². The molecule has 20 heteroatoms. The van der Waals surface area contributed by atoms with Crippen LogP contribution in [0.4, 0.5) is 46.5 Å². The molecule has 0 saturated carbocycles. The van der Waals surface area contributed by atoms with E-state index in [1.54, 1.807) is 4.90 Å². The molecule has 2 saturated heterocycles. The van der Waals surface area contributed by atoms with E-state index in [-0.39, 0.29) is 37.2 Å².